The maximum Gasteiger partial charge on any atom is 0.164 e. The van der Waals surface area contributed by atoms with Crippen molar-refractivity contribution in [3.05, 3.63) is 54.4 Å². The Morgan fingerprint density at radius 2 is 1.68 bits per heavy atom. The molecule has 0 bridgehead atoms. The van der Waals surface area contributed by atoms with Gasteiger partial charge in [0.15, 0.2) is 5.75 Å². The average molecular weight is 293 g/mol. The lowest BCUT2D eigenvalue weighted by atomic mass is 10.1. The van der Waals surface area contributed by atoms with E-state index in [0.717, 1.165) is 22.5 Å². The molecule has 0 radical (unpaired) electrons. The minimum atomic E-state index is 0.215. The molecule has 0 unspecified atom stereocenters. The predicted octanol–water partition coefficient (Wildman–Crippen LogP) is 4.21. The molecule has 2 aromatic heterocycles. The standard InChI is InChI=1S/C18H19N3O/c1-12(2)21-13(3)18(22)17(20-21)15-9-7-14(8-10-15)16-6-4-5-11-19-16/h4-12,22H,1-3H3. The largest absolute Gasteiger partial charge is 0.504 e. The number of rotatable bonds is 3. The van der Waals surface area contributed by atoms with Crippen molar-refractivity contribution in [1.82, 2.24) is 14.8 Å². The third-order valence-corrected chi connectivity index (χ3v) is 3.73. The van der Waals surface area contributed by atoms with Crippen molar-refractivity contribution in [3.63, 3.8) is 0 Å². The van der Waals surface area contributed by atoms with Crippen LogP contribution in [0, 0.1) is 6.92 Å². The van der Waals surface area contributed by atoms with Gasteiger partial charge in [-0.3, -0.25) is 9.67 Å². The third-order valence-electron chi connectivity index (χ3n) is 3.73. The van der Waals surface area contributed by atoms with Crippen LogP contribution in [0.3, 0.4) is 0 Å². The topological polar surface area (TPSA) is 50.9 Å². The van der Waals surface area contributed by atoms with Gasteiger partial charge in [0.2, 0.25) is 0 Å². The number of pyridine rings is 1. The lowest BCUT2D eigenvalue weighted by molar-refractivity contribution is 0.461. The highest BCUT2D eigenvalue weighted by Gasteiger charge is 2.16. The van der Waals surface area contributed by atoms with Crippen LogP contribution in [0.2, 0.25) is 0 Å². The van der Waals surface area contributed by atoms with E-state index in [4.69, 9.17) is 0 Å². The van der Waals surface area contributed by atoms with Crippen LogP contribution in [0.15, 0.2) is 48.7 Å². The van der Waals surface area contributed by atoms with Crippen LogP contribution in [0.5, 0.6) is 5.75 Å². The summed E-state index contributed by atoms with van der Waals surface area (Å²) < 4.78 is 1.84. The van der Waals surface area contributed by atoms with Gasteiger partial charge in [-0.15, -0.1) is 0 Å². The van der Waals surface area contributed by atoms with Gasteiger partial charge in [0.05, 0.1) is 11.4 Å². The fourth-order valence-corrected chi connectivity index (χ4v) is 2.54. The normalized spacial score (nSPS) is 11.1. The zero-order valence-corrected chi connectivity index (χ0v) is 13.0. The summed E-state index contributed by atoms with van der Waals surface area (Å²) in [5, 5.41) is 14.8. The van der Waals surface area contributed by atoms with E-state index in [9.17, 15) is 5.11 Å². The summed E-state index contributed by atoms with van der Waals surface area (Å²) in [5.41, 5.74) is 4.29. The number of benzene rings is 1. The highest BCUT2D eigenvalue weighted by Crippen LogP contribution is 2.33. The van der Waals surface area contributed by atoms with Crippen LogP contribution in [0.4, 0.5) is 0 Å². The Morgan fingerprint density at radius 3 is 2.23 bits per heavy atom. The molecule has 0 aliphatic heterocycles. The molecule has 1 N–H and O–H groups in total. The highest BCUT2D eigenvalue weighted by molar-refractivity contribution is 5.70. The average Bonchev–Trinajstić information content (AvgIpc) is 2.85. The Morgan fingerprint density at radius 1 is 1.00 bits per heavy atom. The van der Waals surface area contributed by atoms with E-state index in [1.807, 2.05) is 67.9 Å². The second kappa shape index (κ2) is 5.64. The molecular weight excluding hydrogens is 274 g/mol. The van der Waals surface area contributed by atoms with Gasteiger partial charge in [-0.2, -0.15) is 5.10 Å². The first-order chi connectivity index (χ1) is 10.6. The molecule has 3 aromatic rings. The minimum Gasteiger partial charge on any atom is -0.504 e. The predicted molar refractivity (Wildman–Crippen MR) is 87.7 cm³/mol. The molecule has 0 aliphatic rings. The zero-order chi connectivity index (χ0) is 15.7. The lowest BCUT2D eigenvalue weighted by Gasteiger charge is -2.06. The van der Waals surface area contributed by atoms with Gasteiger partial charge in [0.1, 0.15) is 5.69 Å². The van der Waals surface area contributed by atoms with Crippen molar-refractivity contribution < 1.29 is 5.11 Å². The lowest BCUT2D eigenvalue weighted by Crippen LogP contribution is -2.04. The number of aromatic hydroxyl groups is 1. The van der Waals surface area contributed by atoms with Crippen molar-refractivity contribution >= 4 is 0 Å². The van der Waals surface area contributed by atoms with Crippen LogP contribution in [-0.2, 0) is 0 Å². The van der Waals surface area contributed by atoms with Gasteiger partial charge in [-0.25, -0.2) is 0 Å². The quantitative estimate of drug-likeness (QED) is 0.787. The Kier molecular flexibility index (Phi) is 3.67. The first-order valence-corrected chi connectivity index (χ1v) is 7.38. The van der Waals surface area contributed by atoms with E-state index in [2.05, 4.69) is 10.1 Å². The fourth-order valence-electron chi connectivity index (χ4n) is 2.54. The molecule has 0 fully saturated rings. The maximum absolute atomic E-state index is 10.3. The summed E-state index contributed by atoms with van der Waals surface area (Å²) in [7, 11) is 0. The van der Waals surface area contributed by atoms with Crippen molar-refractivity contribution in [2.75, 3.05) is 0 Å². The summed E-state index contributed by atoms with van der Waals surface area (Å²) in [6.45, 7) is 5.98. The van der Waals surface area contributed by atoms with Gasteiger partial charge in [0.25, 0.3) is 0 Å². The molecule has 0 aliphatic carbocycles. The Bertz CT molecular complexity index is 774. The molecule has 22 heavy (non-hydrogen) atoms. The molecule has 2 heterocycles. The number of aromatic nitrogens is 3. The van der Waals surface area contributed by atoms with E-state index in [-0.39, 0.29) is 11.8 Å². The van der Waals surface area contributed by atoms with Crippen molar-refractivity contribution in [3.8, 4) is 28.3 Å². The van der Waals surface area contributed by atoms with E-state index < -0.39 is 0 Å². The third kappa shape index (κ3) is 2.48. The maximum atomic E-state index is 10.3. The van der Waals surface area contributed by atoms with Gasteiger partial charge in [-0.1, -0.05) is 30.3 Å². The summed E-state index contributed by atoms with van der Waals surface area (Å²) in [4.78, 5) is 4.34. The molecule has 3 rings (SSSR count). The van der Waals surface area contributed by atoms with Gasteiger partial charge >= 0.3 is 0 Å². The van der Waals surface area contributed by atoms with Gasteiger partial charge in [0, 0.05) is 23.4 Å². The van der Waals surface area contributed by atoms with Crippen LogP contribution in [0.25, 0.3) is 22.5 Å². The molecule has 4 heteroatoms. The van der Waals surface area contributed by atoms with Gasteiger partial charge in [-0.05, 0) is 32.9 Å². The number of nitrogens with zero attached hydrogens (tertiary/aromatic N) is 3. The molecule has 112 valence electrons. The van der Waals surface area contributed by atoms with E-state index >= 15 is 0 Å². The smallest absolute Gasteiger partial charge is 0.164 e. The van der Waals surface area contributed by atoms with E-state index in [1.165, 1.54) is 0 Å². The van der Waals surface area contributed by atoms with Crippen LogP contribution in [0.1, 0.15) is 25.6 Å². The summed E-state index contributed by atoms with van der Waals surface area (Å²) in [5.74, 6) is 0.249. The van der Waals surface area contributed by atoms with Gasteiger partial charge < -0.3 is 5.11 Å². The molecule has 0 atom stereocenters. The van der Waals surface area contributed by atoms with Crippen molar-refractivity contribution in [1.29, 1.82) is 0 Å². The van der Waals surface area contributed by atoms with Crippen LogP contribution >= 0.6 is 0 Å². The summed E-state index contributed by atoms with van der Waals surface area (Å²) in [6, 6.07) is 14.0. The first-order valence-electron chi connectivity index (χ1n) is 7.38. The summed E-state index contributed by atoms with van der Waals surface area (Å²) in [6.07, 6.45) is 1.78. The van der Waals surface area contributed by atoms with Crippen molar-refractivity contribution in [2.24, 2.45) is 0 Å². The van der Waals surface area contributed by atoms with Crippen molar-refractivity contribution in [2.45, 2.75) is 26.8 Å². The monoisotopic (exact) mass is 293 g/mol. The highest BCUT2D eigenvalue weighted by atomic mass is 16.3. The van der Waals surface area contributed by atoms with E-state index in [1.54, 1.807) is 6.20 Å². The first kappa shape index (κ1) is 14.3. The summed E-state index contributed by atoms with van der Waals surface area (Å²) >= 11 is 0. The fraction of sp³-hybridized carbons (Fsp3) is 0.222. The number of hydrogen-bond acceptors (Lipinski definition) is 3. The van der Waals surface area contributed by atoms with Crippen LogP contribution in [-0.4, -0.2) is 19.9 Å². The molecule has 0 amide bonds. The number of hydrogen-bond donors (Lipinski definition) is 1. The second-order valence-corrected chi connectivity index (χ2v) is 5.61. The minimum absolute atomic E-state index is 0.215. The second-order valence-electron chi connectivity index (χ2n) is 5.61. The molecule has 0 saturated heterocycles. The molecular formula is C18H19N3O. The molecule has 1 aromatic carbocycles. The Labute approximate surface area is 130 Å². The SMILES string of the molecule is Cc1c(O)c(-c2ccc(-c3ccccn3)cc2)nn1C(C)C. The molecule has 4 nitrogen and oxygen atoms in total. The molecule has 0 spiro atoms. The van der Waals surface area contributed by atoms with E-state index in [0.29, 0.717) is 5.69 Å². The zero-order valence-electron chi connectivity index (χ0n) is 13.0. The Balaban J connectivity index is 1.99. The Hall–Kier alpha value is -2.62. The molecule has 0 saturated carbocycles. The van der Waals surface area contributed by atoms with Crippen LogP contribution < -0.4 is 0 Å².